The summed E-state index contributed by atoms with van der Waals surface area (Å²) in [7, 11) is 0. The lowest BCUT2D eigenvalue weighted by atomic mass is 10.0. The number of aromatic hydroxyl groups is 1. The van der Waals surface area contributed by atoms with E-state index < -0.39 is 90.2 Å². The maximum atomic E-state index is 13.9. The molecule has 0 aliphatic carbocycles. The Balaban J connectivity index is 0.00000348. The number of amides is 7. The van der Waals surface area contributed by atoms with E-state index in [2.05, 4.69) is 36.6 Å². The number of hydrogen-bond donors (Lipinski definition) is 14. The van der Waals surface area contributed by atoms with Gasteiger partial charge in [0.1, 0.15) is 36.0 Å². The van der Waals surface area contributed by atoms with Gasteiger partial charge in [-0.25, -0.2) is 0 Å². The molecule has 19 N–H and O–H groups in total. The summed E-state index contributed by atoms with van der Waals surface area (Å²) in [5.41, 5.74) is 30.1. The summed E-state index contributed by atoms with van der Waals surface area (Å²) in [6, 6.07) is 5.38. The first kappa shape index (κ1) is 53.9. The Hall–Kier alpha value is -7.27. The zero-order chi connectivity index (χ0) is 48.8. The van der Waals surface area contributed by atoms with Crippen LogP contribution in [0, 0.1) is 5.92 Å². The number of carbonyl (C=O) groups excluding carboxylic acids is 7. The normalized spacial score (nSPS) is 13.6. The van der Waals surface area contributed by atoms with Crippen molar-refractivity contribution in [2.45, 2.75) is 102 Å². The number of carboxylic acid groups (broad SMARTS) is 1. The number of aliphatic imine (C=N–C) groups is 1. The number of aliphatic hydroxyl groups excluding tert-OH is 1. The highest BCUT2D eigenvalue weighted by molar-refractivity contribution is 5.97. The van der Waals surface area contributed by atoms with Gasteiger partial charge in [-0.05, 0) is 67.3 Å². The molecule has 0 bridgehead atoms. The number of fused-ring (bicyclic) bond motifs is 1. The molecule has 356 valence electrons. The van der Waals surface area contributed by atoms with Crippen LogP contribution in [0.4, 0.5) is 0 Å². The van der Waals surface area contributed by atoms with Crippen LogP contribution >= 0.6 is 0 Å². The largest absolute Gasteiger partial charge is 0.508 e. The molecular weight excluding hydrogens is 849 g/mol. The van der Waals surface area contributed by atoms with Gasteiger partial charge in [-0.3, -0.25) is 43.3 Å². The summed E-state index contributed by atoms with van der Waals surface area (Å²) < 4.78 is 0. The van der Waals surface area contributed by atoms with Crippen LogP contribution in [0.15, 0.2) is 59.7 Å². The number of hydrogen-bond acceptors (Lipinski definition) is 12. The Kier molecular flexibility index (Phi) is 22.4. The minimum Gasteiger partial charge on any atom is -0.508 e. The predicted molar refractivity (Wildman–Crippen MR) is 239 cm³/mol. The van der Waals surface area contributed by atoms with Gasteiger partial charge in [0, 0.05) is 43.4 Å². The third-order valence-electron chi connectivity index (χ3n) is 9.53. The van der Waals surface area contributed by atoms with Crippen LogP contribution in [0.3, 0.4) is 0 Å². The summed E-state index contributed by atoms with van der Waals surface area (Å²) in [5.74, 6) is -7.05. The number of phenols is 1. The molecule has 0 saturated carbocycles. The monoisotopic (exact) mass is 910 g/mol. The minimum absolute atomic E-state index is 0.00158. The van der Waals surface area contributed by atoms with E-state index >= 15 is 0 Å². The lowest BCUT2D eigenvalue weighted by molar-refractivity contribution is -0.136. The van der Waals surface area contributed by atoms with E-state index in [1.165, 1.54) is 12.1 Å². The first-order valence-electron chi connectivity index (χ1n) is 20.6. The lowest BCUT2D eigenvalue weighted by Crippen LogP contribution is -2.60. The van der Waals surface area contributed by atoms with E-state index in [9.17, 15) is 43.8 Å². The highest BCUT2D eigenvalue weighted by atomic mass is 16.4. The average Bonchev–Trinajstić information content (AvgIpc) is 3.64. The Morgan fingerprint density at radius 3 is 1.80 bits per heavy atom. The molecule has 0 aliphatic rings. The summed E-state index contributed by atoms with van der Waals surface area (Å²) >= 11 is 0. The van der Waals surface area contributed by atoms with E-state index in [1.54, 1.807) is 32.2 Å². The third kappa shape index (κ3) is 19.8. The number of benzene rings is 2. The van der Waals surface area contributed by atoms with Crippen molar-refractivity contribution >= 4 is 64.2 Å². The number of aromatic nitrogens is 1. The van der Waals surface area contributed by atoms with E-state index in [0.29, 0.717) is 11.1 Å². The quantitative estimate of drug-likeness (QED) is 0.0235. The molecule has 0 saturated heterocycles. The summed E-state index contributed by atoms with van der Waals surface area (Å²) in [4.78, 5) is 108. The molecule has 7 amide bonds. The number of carbonyl (C=O) groups is 8. The van der Waals surface area contributed by atoms with Gasteiger partial charge in [0.05, 0.1) is 12.6 Å². The molecule has 0 radical (unpaired) electrons. The zero-order valence-electron chi connectivity index (χ0n) is 36.5. The van der Waals surface area contributed by atoms with Crippen LogP contribution in [0.5, 0.6) is 5.75 Å². The van der Waals surface area contributed by atoms with Crippen molar-refractivity contribution in [2.24, 2.45) is 39.6 Å². The molecule has 23 nitrogen and oxygen atoms in total. The maximum absolute atomic E-state index is 13.9. The highest BCUT2D eigenvalue weighted by Crippen LogP contribution is 2.19. The first-order chi connectivity index (χ1) is 30.6. The Morgan fingerprint density at radius 1 is 0.708 bits per heavy atom. The molecule has 6 atom stereocenters. The number of aliphatic hydroxyl groups is 1. The third-order valence-corrected chi connectivity index (χ3v) is 9.53. The van der Waals surface area contributed by atoms with E-state index in [4.69, 9.17) is 38.6 Å². The number of nitrogens with zero attached hydrogens (tertiary/aromatic N) is 1. The summed E-state index contributed by atoms with van der Waals surface area (Å²) in [6.07, 6.45) is 1.44. The van der Waals surface area contributed by atoms with Crippen molar-refractivity contribution in [1.82, 2.24) is 31.6 Å². The lowest BCUT2D eigenvalue weighted by Gasteiger charge is -2.27. The van der Waals surface area contributed by atoms with E-state index in [0.717, 1.165) is 17.8 Å². The zero-order valence-corrected chi connectivity index (χ0v) is 36.5. The van der Waals surface area contributed by atoms with Crippen LogP contribution in [0.2, 0.25) is 0 Å². The molecule has 0 unspecified atom stereocenters. The van der Waals surface area contributed by atoms with Gasteiger partial charge in [0.25, 0.3) is 5.97 Å². The van der Waals surface area contributed by atoms with Gasteiger partial charge in [0.2, 0.25) is 41.4 Å². The molecule has 65 heavy (non-hydrogen) atoms. The smallest absolute Gasteiger partial charge is 0.300 e. The van der Waals surface area contributed by atoms with Crippen LogP contribution in [0.25, 0.3) is 10.9 Å². The standard InChI is InChI=1S/C40H58N12O9.C2H4O2/c1-21(2)16-31(51-39(61)32(20-53)52-37(59)29(13-14-33(42)55)48-35(57)26(41)17-22-9-11-24(54)12-10-22)38(60)49-28(8-5-15-46-40(44)45)36(58)50-30(34(43)56)18-23-19-47-27-7-4-3-6-25(23)27;1-2(3)4/h3-4,6-7,9-12,19,21,26,28-32,47,53-54H,5,8,13-18,20,41H2,1-2H3,(H2,42,55)(H2,43,56)(H,48,57)(H,49,60)(H,50,58)(H,51,61)(H,52,59)(H4,44,45,46);1H3,(H,3,4)/t26-,28-,29-,30-,31-,32-;/m0./s1. The van der Waals surface area contributed by atoms with Crippen LogP contribution in [-0.2, 0) is 51.2 Å². The van der Waals surface area contributed by atoms with Crippen LogP contribution in [-0.4, -0.2) is 123 Å². The first-order valence-corrected chi connectivity index (χ1v) is 20.6. The second kappa shape index (κ2) is 27.0. The number of rotatable bonds is 25. The van der Waals surface area contributed by atoms with Gasteiger partial charge in [-0.2, -0.15) is 0 Å². The minimum atomic E-state index is -1.65. The number of para-hydroxylation sites is 1. The van der Waals surface area contributed by atoms with E-state index in [-0.39, 0.29) is 69.1 Å². The number of primary amides is 2. The fraction of sp³-hybridized carbons (Fsp3) is 0.452. The second-order valence-corrected chi connectivity index (χ2v) is 15.5. The molecule has 1 heterocycles. The Bertz CT molecular complexity index is 2120. The number of nitrogens with one attached hydrogen (secondary N) is 6. The van der Waals surface area contributed by atoms with Gasteiger partial charge in [-0.1, -0.05) is 44.2 Å². The number of guanidine groups is 1. The molecule has 0 spiro atoms. The number of nitrogens with two attached hydrogens (primary N) is 5. The molecule has 0 fully saturated rings. The van der Waals surface area contributed by atoms with Crippen molar-refractivity contribution in [3.63, 3.8) is 0 Å². The van der Waals surface area contributed by atoms with Crippen molar-refractivity contribution < 1.29 is 53.7 Å². The fourth-order valence-electron chi connectivity index (χ4n) is 6.31. The molecule has 0 aliphatic heterocycles. The molecule has 3 aromatic rings. The Morgan fingerprint density at radius 2 is 1.23 bits per heavy atom. The van der Waals surface area contributed by atoms with Crippen LogP contribution < -0.4 is 55.3 Å². The van der Waals surface area contributed by atoms with Gasteiger partial charge < -0.3 is 75.6 Å². The molecule has 3 rings (SSSR count). The van der Waals surface area contributed by atoms with Crippen molar-refractivity contribution in [1.29, 1.82) is 0 Å². The number of aliphatic carboxylic acids is 1. The van der Waals surface area contributed by atoms with E-state index in [1.807, 2.05) is 24.3 Å². The van der Waals surface area contributed by atoms with Crippen molar-refractivity contribution in [2.75, 3.05) is 13.2 Å². The molecule has 23 heteroatoms. The van der Waals surface area contributed by atoms with Crippen molar-refractivity contribution in [3.05, 3.63) is 65.9 Å². The number of carboxylic acids is 1. The predicted octanol–water partition coefficient (Wildman–Crippen LogP) is -2.66. The number of phenolic OH excluding ortho intramolecular Hbond substituents is 1. The van der Waals surface area contributed by atoms with Gasteiger partial charge in [0.15, 0.2) is 5.96 Å². The number of H-pyrrole nitrogens is 1. The average molecular weight is 911 g/mol. The SMILES string of the molecule is CC(=O)O.CC(C)C[C@H](NC(=O)[C@H](CO)NC(=O)[C@H](CCC(N)=O)NC(=O)[C@@H](N)Cc1ccc(O)cc1)C(=O)N[C@@H](CCCN=C(N)N)C(=O)N[C@@H](Cc1c[nH]c2ccccc12)C(N)=O. The molecular formula is C42H62N12O11. The second-order valence-electron chi connectivity index (χ2n) is 15.5. The summed E-state index contributed by atoms with van der Waals surface area (Å²) in [6.45, 7) is 3.80. The molecule has 1 aromatic heterocycles. The number of aromatic amines is 1. The Labute approximate surface area is 375 Å². The molecule has 2 aromatic carbocycles. The maximum Gasteiger partial charge on any atom is 0.300 e. The van der Waals surface area contributed by atoms with Crippen molar-refractivity contribution in [3.8, 4) is 5.75 Å². The highest BCUT2D eigenvalue weighted by Gasteiger charge is 2.33. The van der Waals surface area contributed by atoms with Gasteiger partial charge >= 0.3 is 0 Å². The summed E-state index contributed by atoms with van der Waals surface area (Å²) in [5, 5.41) is 40.6. The topological polar surface area (TPSA) is 416 Å². The van der Waals surface area contributed by atoms with Crippen LogP contribution in [0.1, 0.15) is 64.0 Å². The fourth-order valence-corrected chi connectivity index (χ4v) is 6.31. The van der Waals surface area contributed by atoms with Gasteiger partial charge in [-0.15, -0.1) is 0 Å².